The van der Waals surface area contributed by atoms with Gasteiger partial charge in [-0.25, -0.2) is 0 Å². The summed E-state index contributed by atoms with van der Waals surface area (Å²) in [6, 6.07) is 10.5. The second-order valence-electron chi connectivity index (χ2n) is 4.92. The van der Waals surface area contributed by atoms with Crippen molar-refractivity contribution < 1.29 is 22.7 Å². The van der Waals surface area contributed by atoms with Crippen LogP contribution in [-0.2, 0) is 11.0 Å². The molecule has 0 bridgehead atoms. The molecule has 122 valence electrons. The minimum atomic E-state index is -4.37. The van der Waals surface area contributed by atoms with Crippen molar-refractivity contribution in [2.75, 3.05) is 5.32 Å². The Morgan fingerprint density at radius 2 is 1.52 bits per heavy atom. The van der Waals surface area contributed by atoms with E-state index in [0.717, 1.165) is 12.1 Å². The topological polar surface area (TPSA) is 64.3 Å². The number of alkyl halides is 3. The largest absolute Gasteiger partial charge is 0.457 e. The lowest BCUT2D eigenvalue weighted by Crippen LogP contribution is -2.32. The van der Waals surface area contributed by atoms with Crippen molar-refractivity contribution in [1.29, 1.82) is 0 Å². The number of anilines is 1. The Hall–Kier alpha value is -2.70. The van der Waals surface area contributed by atoms with Gasteiger partial charge in [-0.2, -0.15) is 13.2 Å². The average Bonchev–Trinajstić information content (AvgIpc) is 2.49. The minimum absolute atomic E-state index is 0.296. The molecular weight excluding hydrogens is 309 g/mol. The second-order valence-corrected chi connectivity index (χ2v) is 4.92. The number of amides is 1. The molecule has 23 heavy (non-hydrogen) atoms. The van der Waals surface area contributed by atoms with Crippen LogP contribution in [0.5, 0.6) is 11.5 Å². The summed E-state index contributed by atoms with van der Waals surface area (Å²) in [6.07, 6.45) is -4.37. The number of benzene rings is 2. The summed E-state index contributed by atoms with van der Waals surface area (Å²) in [5.41, 5.74) is 5.10. The summed E-state index contributed by atoms with van der Waals surface area (Å²) in [5.74, 6) is 0.279. The van der Waals surface area contributed by atoms with Gasteiger partial charge in [-0.3, -0.25) is 4.79 Å². The monoisotopic (exact) mass is 324 g/mol. The number of hydrogen-bond acceptors (Lipinski definition) is 3. The lowest BCUT2D eigenvalue weighted by molar-refractivity contribution is -0.137. The van der Waals surface area contributed by atoms with E-state index in [0.29, 0.717) is 17.2 Å². The van der Waals surface area contributed by atoms with Crippen molar-refractivity contribution in [2.45, 2.75) is 19.1 Å². The Labute approximate surface area is 131 Å². The number of carbonyl (C=O) groups excluding carboxylic acids is 1. The number of hydrogen-bond donors (Lipinski definition) is 2. The van der Waals surface area contributed by atoms with Crippen molar-refractivity contribution in [1.82, 2.24) is 0 Å². The van der Waals surface area contributed by atoms with Gasteiger partial charge in [0.05, 0.1) is 5.56 Å². The molecule has 0 fully saturated rings. The van der Waals surface area contributed by atoms with Crippen LogP contribution < -0.4 is 15.8 Å². The van der Waals surface area contributed by atoms with Crippen molar-refractivity contribution in [3.05, 3.63) is 54.1 Å². The Morgan fingerprint density at radius 1 is 1.04 bits per heavy atom. The number of primary amides is 1. The van der Waals surface area contributed by atoms with Crippen molar-refractivity contribution in [2.24, 2.45) is 5.73 Å². The van der Waals surface area contributed by atoms with Crippen LogP contribution in [0.15, 0.2) is 48.5 Å². The number of carbonyl (C=O) groups is 1. The number of ether oxygens (including phenoxy) is 1. The lowest BCUT2D eigenvalue weighted by atomic mass is 10.2. The van der Waals surface area contributed by atoms with Crippen molar-refractivity contribution in [3.8, 4) is 11.5 Å². The van der Waals surface area contributed by atoms with Gasteiger partial charge in [-0.05, 0) is 55.5 Å². The molecule has 0 aliphatic carbocycles. The summed E-state index contributed by atoms with van der Waals surface area (Å²) in [5, 5.41) is 2.90. The zero-order valence-corrected chi connectivity index (χ0v) is 12.2. The fourth-order valence-corrected chi connectivity index (χ4v) is 1.79. The first-order chi connectivity index (χ1) is 10.8. The quantitative estimate of drug-likeness (QED) is 0.879. The van der Waals surface area contributed by atoms with Gasteiger partial charge < -0.3 is 15.8 Å². The number of rotatable bonds is 5. The highest BCUT2D eigenvalue weighted by molar-refractivity contribution is 5.82. The molecule has 1 amide bonds. The molecule has 0 saturated heterocycles. The maximum atomic E-state index is 12.5. The van der Waals surface area contributed by atoms with Crippen LogP contribution in [-0.4, -0.2) is 11.9 Å². The molecule has 0 aliphatic heterocycles. The highest BCUT2D eigenvalue weighted by atomic mass is 19.4. The predicted octanol–water partition coefficient (Wildman–Crippen LogP) is 3.78. The van der Waals surface area contributed by atoms with Gasteiger partial charge in [0, 0.05) is 5.69 Å². The van der Waals surface area contributed by atoms with Gasteiger partial charge in [-0.1, -0.05) is 0 Å². The van der Waals surface area contributed by atoms with E-state index < -0.39 is 23.7 Å². The second kappa shape index (κ2) is 6.60. The van der Waals surface area contributed by atoms with Gasteiger partial charge in [0.15, 0.2) is 0 Å². The van der Waals surface area contributed by atoms with E-state index in [1.807, 2.05) is 0 Å². The number of nitrogens with one attached hydrogen (secondary N) is 1. The Bertz CT molecular complexity index is 667. The standard InChI is InChI=1S/C16H15F3N2O2/c1-10(15(20)22)21-12-4-8-14(9-5-12)23-13-6-2-11(3-7-13)16(17,18)19/h2-10,21H,1H3,(H2,20,22). The molecule has 4 nitrogen and oxygen atoms in total. The normalized spacial score (nSPS) is 12.5. The van der Waals surface area contributed by atoms with Crippen LogP contribution >= 0.6 is 0 Å². The van der Waals surface area contributed by atoms with Crippen LogP contribution in [0.4, 0.5) is 18.9 Å². The van der Waals surface area contributed by atoms with Gasteiger partial charge in [-0.15, -0.1) is 0 Å². The van der Waals surface area contributed by atoms with Crippen LogP contribution in [0.25, 0.3) is 0 Å². The summed E-state index contributed by atoms with van der Waals surface area (Å²) >= 11 is 0. The molecule has 1 atom stereocenters. The summed E-state index contributed by atoms with van der Waals surface area (Å²) < 4.78 is 42.9. The Kier molecular flexibility index (Phi) is 4.78. The summed E-state index contributed by atoms with van der Waals surface area (Å²) in [6.45, 7) is 1.63. The third-order valence-electron chi connectivity index (χ3n) is 3.08. The molecular formula is C16H15F3N2O2. The predicted molar refractivity (Wildman–Crippen MR) is 80.2 cm³/mol. The SMILES string of the molecule is CC(Nc1ccc(Oc2ccc(C(F)(F)F)cc2)cc1)C(N)=O. The fourth-order valence-electron chi connectivity index (χ4n) is 1.79. The number of halogens is 3. The van der Waals surface area contributed by atoms with Gasteiger partial charge in [0.2, 0.25) is 5.91 Å². The van der Waals surface area contributed by atoms with Gasteiger partial charge >= 0.3 is 6.18 Å². The first kappa shape index (κ1) is 16.7. The maximum Gasteiger partial charge on any atom is 0.416 e. The van der Waals surface area contributed by atoms with E-state index in [1.165, 1.54) is 12.1 Å². The molecule has 2 aromatic carbocycles. The minimum Gasteiger partial charge on any atom is -0.457 e. The highest BCUT2D eigenvalue weighted by Crippen LogP contribution is 2.31. The summed E-state index contributed by atoms with van der Waals surface area (Å²) in [4.78, 5) is 11.0. The zero-order valence-electron chi connectivity index (χ0n) is 12.2. The van der Waals surface area contributed by atoms with Crippen LogP contribution in [0.3, 0.4) is 0 Å². The molecule has 0 heterocycles. The smallest absolute Gasteiger partial charge is 0.416 e. The average molecular weight is 324 g/mol. The molecule has 2 rings (SSSR count). The molecule has 2 aromatic rings. The van der Waals surface area contributed by atoms with E-state index in [9.17, 15) is 18.0 Å². The molecule has 0 saturated carbocycles. The molecule has 0 aliphatic rings. The Balaban J connectivity index is 2.02. The van der Waals surface area contributed by atoms with Crippen LogP contribution in [0.2, 0.25) is 0 Å². The lowest BCUT2D eigenvalue weighted by Gasteiger charge is -2.12. The first-order valence-corrected chi connectivity index (χ1v) is 6.77. The zero-order chi connectivity index (χ0) is 17.0. The third-order valence-corrected chi connectivity index (χ3v) is 3.08. The van der Waals surface area contributed by atoms with Crippen LogP contribution in [0, 0.1) is 0 Å². The molecule has 0 radical (unpaired) electrons. The van der Waals surface area contributed by atoms with E-state index in [2.05, 4.69) is 5.32 Å². The molecule has 7 heteroatoms. The van der Waals surface area contributed by atoms with E-state index >= 15 is 0 Å². The van der Waals surface area contributed by atoms with Gasteiger partial charge in [0.1, 0.15) is 17.5 Å². The Morgan fingerprint density at radius 3 is 1.96 bits per heavy atom. The highest BCUT2D eigenvalue weighted by Gasteiger charge is 2.30. The molecule has 0 spiro atoms. The van der Waals surface area contributed by atoms with Gasteiger partial charge in [0.25, 0.3) is 0 Å². The number of nitrogens with two attached hydrogens (primary N) is 1. The molecule has 1 unspecified atom stereocenters. The van der Waals surface area contributed by atoms with E-state index in [4.69, 9.17) is 10.5 Å². The molecule has 0 aromatic heterocycles. The first-order valence-electron chi connectivity index (χ1n) is 6.77. The van der Waals surface area contributed by atoms with E-state index in [-0.39, 0.29) is 0 Å². The molecule has 3 N–H and O–H groups in total. The fraction of sp³-hybridized carbons (Fsp3) is 0.188. The van der Waals surface area contributed by atoms with Crippen molar-refractivity contribution >= 4 is 11.6 Å². The summed E-state index contributed by atoms with van der Waals surface area (Å²) in [7, 11) is 0. The van der Waals surface area contributed by atoms with Crippen LogP contribution in [0.1, 0.15) is 12.5 Å². The van der Waals surface area contributed by atoms with E-state index in [1.54, 1.807) is 31.2 Å². The van der Waals surface area contributed by atoms with Crippen molar-refractivity contribution in [3.63, 3.8) is 0 Å². The maximum absolute atomic E-state index is 12.5. The third kappa shape index (κ3) is 4.64.